The number of amides is 1. The quantitative estimate of drug-likeness (QED) is 0.357. The number of alkyl halides is 1. The molecule has 27 heavy (non-hydrogen) atoms. The van der Waals surface area contributed by atoms with E-state index in [2.05, 4.69) is 26.1 Å². The second-order valence-electron chi connectivity index (χ2n) is 6.77. The first-order valence-electron chi connectivity index (χ1n) is 8.77. The zero-order valence-corrected chi connectivity index (χ0v) is 15.7. The number of nitrogens with one attached hydrogen (secondary N) is 3. The van der Waals surface area contributed by atoms with Crippen molar-refractivity contribution < 1.29 is 9.53 Å². The van der Waals surface area contributed by atoms with E-state index in [9.17, 15) is 9.70 Å². The Balaban J connectivity index is 1.76. The van der Waals surface area contributed by atoms with Crippen molar-refractivity contribution in [2.75, 3.05) is 38.5 Å². The van der Waals surface area contributed by atoms with Crippen LogP contribution in [0.1, 0.15) is 0 Å². The summed E-state index contributed by atoms with van der Waals surface area (Å²) in [5, 5.41) is 11.9. The van der Waals surface area contributed by atoms with Crippen molar-refractivity contribution in [3.05, 3.63) is 23.4 Å². The van der Waals surface area contributed by atoms with E-state index in [-0.39, 0.29) is 11.5 Å². The van der Waals surface area contributed by atoms with Crippen LogP contribution in [0, 0.1) is 10.8 Å². The van der Waals surface area contributed by atoms with Crippen molar-refractivity contribution >= 4 is 23.2 Å². The fourth-order valence-corrected chi connectivity index (χ4v) is 3.47. The third kappa shape index (κ3) is 4.71. The van der Waals surface area contributed by atoms with Gasteiger partial charge in [0, 0.05) is 38.4 Å². The minimum Gasteiger partial charge on any atom is -0.485 e. The van der Waals surface area contributed by atoms with Crippen molar-refractivity contribution in [3.63, 3.8) is 0 Å². The van der Waals surface area contributed by atoms with E-state index in [1.807, 2.05) is 11.9 Å². The normalized spacial score (nSPS) is 25.9. The Hall–Kier alpha value is -1.85. The molecule has 4 unspecified atom stereocenters. The summed E-state index contributed by atoms with van der Waals surface area (Å²) in [7, 11) is 1.81. The number of ether oxygens (including phenoxy) is 1. The summed E-state index contributed by atoms with van der Waals surface area (Å²) in [4.78, 5) is 30.0. The van der Waals surface area contributed by atoms with E-state index < -0.39 is 24.2 Å². The Morgan fingerprint density at radius 2 is 2.30 bits per heavy atom. The average molecular weight is 398 g/mol. The van der Waals surface area contributed by atoms with Crippen LogP contribution in [0.2, 0.25) is 0 Å². The molecule has 3 rings (SSSR count). The summed E-state index contributed by atoms with van der Waals surface area (Å²) in [5.74, 6) is -0.832. The minimum atomic E-state index is -1.21. The maximum absolute atomic E-state index is 13.0. The summed E-state index contributed by atoms with van der Waals surface area (Å²) < 4.78 is 5.85. The van der Waals surface area contributed by atoms with Crippen molar-refractivity contribution in [1.82, 2.24) is 20.5 Å². The smallest absolute Gasteiger partial charge is 0.234 e. The molecular weight excluding hydrogens is 374 g/mol. The number of nitrogens with zero attached hydrogens (tertiary/aromatic N) is 3. The molecular formula is C16H24ClN7O3. The van der Waals surface area contributed by atoms with E-state index in [1.54, 1.807) is 12.3 Å². The second kappa shape index (κ2) is 8.89. The number of hydrogen-bond donors (Lipinski definition) is 4. The lowest BCUT2D eigenvalue weighted by Gasteiger charge is -2.40. The van der Waals surface area contributed by atoms with Gasteiger partial charge in [-0.2, -0.15) is 0 Å². The lowest BCUT2D eigenvalue weighted by molar-refractivity contribution is -0.123. The first kappa shape index (κ1) is 19.9. The highest BCUT2D eigenvalue weighted by Crippen LogP contribution is 2.26. The molecule has 0 spiro atoms. The molecule has 1 aromatic rings. The summed E-state index contributed by atoms with van der Waals surface area (Å²) in [6.07, 6.45) is 1.45. The lowest BCUT2D eigenvalue weighted by atomic mass is 9.98. The number of carbonyl (C=O) groups is 1. The van der Waals surface area contributed by atoms with Gasteiger partial charge in [0.2, 0.25) is 5.91 Å². The zero-order chi connectivity index (χ0) is 19.4. The van der Waals surface area contributed by atoms with Gasteiger partial charge in [0.15, 0.2) is 6.17 Å². The highest BCUT2D eigenvalue weighted by molar-refractivity contribution is 6.21. The number of pyridine rings is 1. The Morgan fingerprint density at radius 1 is 1.52 bits per heavy atom. The van der Waals surface area contributed by atoms with Crippen LogP contribution in [-0.2, 0) is 4.79 Å². The maximum Gasteiger partial charge on any atom is 0.234 e. The standard InChI is InChI=1S/C16H24ClN7O3/c1-24-8-9(17)4-21-15(24)13(14(18)23-26)16(25)22-11-7-19-3-2-12(11)27-10-5-20-6-10/h2-3,7,9-10,13-15,20-21H,4-6,8,18H2,1H3,(H,22,25). The van der Waals surface area contributed by atoms with E-state index in [0.29, 0.717) is 24.5 Å². The van der Waals surface area contributed by atoms with Gasteiger partial charge < -0.3 is 21.1 Å². The molecule has 0 aliphatic carbocycles. The molecule has 2 fully saturated rings. The molecule has 0 aromatic carbocycles. The largest absolute Gasteiger partial charge is 0.485 e. The lowest BCUT2D eigenvalue weighted by Crippen LogP contribution is -2.62. The van der Waals surface area contributed by atoms with Crippen molar-refractivity contribution in [2.24, 2.45) is 16.8 Å². The summed E-state index contributed by atoms with van der Waals surface area (Å²) in [6.45, 7) is 2.55. The number of aromatic nitrogens is 1. The number of halogens is 1. The molecule has 2 aliphatic rings. The molecule has 0 saturated carbocycles. The molecule has 1 amide bonds. The van der Waals surface area contributed by atoms with Gasteiger partial charge in [-0.3, -0.25) is 20.0 Å². The molecule has 148 valence electrons. The Morgan fingerprint density at radius 3 is 2.93 bits per heavy atom. The van der Waals surface area contributed by atoms with E-state index in [1.165, 1.54) is 6.20 Å². The van der Waals surface area contributed by atoms with Crippen LogP contribution in [0.25, 0.3) is 0 Å². The molecule has 11 heteroatoms. The Kier molecular flexibility index (Phi) is 6.55. The SMILES string of the molecule is CN1CC(Cl)CNC1C(C(=O)Nc1cnccc1OC1CNC1)C(N)N=O. The minimum absolute atomic E-state index is 0.0459. The van der Waals surface area contributed by atoms with Gasteiger partial charge in [-0.1, -0.05) is 5.18 Å². The molecule has 5 N–H and O–H groups in total. The second-order valence-corrected chi connectivity index (χ2v) is 7.39. The number of carbonyl (C=O) groups excluding carboxylic acids is 1. The van der Waals surface area contributed by atoms with Crippen LogP contribution in [0.4, 0.5) is 5.69 Å². The molecule has 4 atom stereocenters. The fraction of sp³-hybridized carbons (Fsp3) is 0.625. The maximum atomic E-state index is 13.0. The van der Waals surface area contributed by atoms with Gasteiger partial charge in [-0.25, -0.2) is 0 Å². The first-order chi connectivity index (χ1) is 13.0. The van der Waals surface area contributed by atoms with Gasteiger partial charge in [-0.05, 0) is 7.05 Å². The third-order valence-electron chi connectivity index (χ3n) is 4.72. The van der Waals surface area contributed by atoms with Crippen LogP contribution in [-0.4, -0.2) is 72.8 Å². The molecule has 0 bridgehead atoms. The van der Waals surface area contributed by atoms with Gasteiger partial charge in [-0.15, -0.1) is 16.5 Å². The predicted octanol–water partition coefficient (Wildman–Crippen LogP) is -0.493. The van der Waals surface area contributed by atoms with Crippen molar-refractivity contribution in [2.45, 2.75) is 23.8 Å². The van der Waals surface area contributed by atoms with Gasteiger partial charge in [0.05, 0.1) is 17.7 Å². The molecule has 10 nitrogen and oxygen atoms in total. The highest BCUT2D eigenvalue weighted by Gasteiger charge is 2.40. The Labute approximate surface area is 162 Å². The molecule has 2 saturated heterocycles. The van der Waals surface area contributed by atoms with E-state index in [4.69, 9.17) is 22.1 Å². The van der Waals surface area contributed by atoms with Crippen LogP contribution < -0.4 is 26.4 Å². The van der Waals surface area contributed by atoms with Crippen LogP contribution in [0.3, 0.4) is 0 Å². The van der Waals surface area contributed by atoms with Gasteiger partial charge in [0.1, 0.15) is 23.5 Å². The Bertz CT molecular complexity index is 675. The summed E-state index contributed by atoms with van der Waals surface area (Å²) in [5.41, 5.74) is 6.28. The monoisotopic (exact) mass is 397 g/mol. The number of nitroso groups, excluding NO2 is 1. The van der Waals surface area contributed by atoms with Crippen molar-refractivity contribution in [3.8, 4) is 5.75 Å². The summed E-state index contributed by atoms with van der Waals surface area (Å²) in [6, 6.07) is 1.68. The first-order valence-corrected chi connectivity index (χ1v) is 9.21. The molecule has 0 radical (unpaired) electrons. The number of rotatable bonds is 7. The van der Waals surface area contributed by atoms with E-state index in [0.717, 1.165) is 13.1 Å². The van der Waals surface area contributed by atoms with Gasteiger partial charge >= 0.3 is 0 Å². The molecule has 1 aromatic heterocycles. The molecule has 2 aliphatic heterocycles. The topological polar surface area (TPSA) is 134 Å². The predicted molar refractivity (Wildman–Crippen MR) is 101 cm³/mol. The third-order valence-corrected chi connectivity index (χ3v) is 5.01. The van der Waals surface area contributed by atoms with Crippen LogP contribution in [0.15, 0.2) is 23.6 Å². The highest BCUT2D eigenvalue weighted by atomic mass is 35.5. The number of anilines is 1. The zero-order valence-electron chi connectivity index (χ0n) is 15.0. The van der Waals surface area contributed by atoms with Crippen LogP contribution in [0.5, 0.6) is 5.75 Å². The number of nitrogens with two attached hydrogens (primary N) is 1. The fourth-order valence-electron chi connectivity index (χ4n) is 3.17. The average Bonchev–Trinajstić information content (AvgIpc) is 2.61. The number of hydrogen-bond acceptors (Lipinski definition) is 9. The van der Waals surface area contributed by atoms with Crippen LogP contribution >= 0.6 is 11.6 Å². The molecule has 3 heterocycles. The van der Waals surface area contributed by atoms with Crippen molar-refractivity contribution in [1.29, 1.82) is 0 Å². The van der Waals surface area contributed by atoms with E-state index >= 15 is 0 Å². The van der Waals surface area contributed by atoms with Gasteiger partial charge in [0.25, 0.3) is 0 Å². The summed E-state index contributed by atoms with van der Waals surface area (Å²) >= 11 is 6.14.